The molecular formula is C13H25N3O3. The maximum atomic E-state index is 12.0. The smallest absolute Gasteiger partial charge is 0.408 e. The molecule has 0 aromatic rings. The lowest BCUT2D eigenvalue weighted by molar-refractivity contribution is -0.123. The van der Waals surface area contributed by atoms with Gasteiger partial charge in [-0.1, -0.05) is 12.8 Å². The lowest BCUT2D eigenvalue weighted by Gasteiger charge is -2.23. The van der Waals surface area contributed by atoms with Crippen LogP contribution >= 0.6 is 0 Å². The van der Waals surface area contributed by atoms with E-state index in [0.29, 0.717) is 0 Å². The Morgan fingerprint density at radius 3 is 2.37 bits per heavy atom. The van der Waals surface area contributed by atoms with Gasteiger partial charge in [0.05, 0.1) is 0 Å². The molecule has 1 aliphatic rings. The Kier molecular flexibility index (Phi) is 5.60. The third-order valence-electron chi connectivity index (χ3n) is 2.94. The van der Waals surface area contributed by atoms with Crippen LogP contribution in [0.2, 0.25) is 0 Å². The number of amides is 2. The van der Waals surface area contributed by atoms with Crippen LogP contribution in [-0.4, -0.2) is 36.2 Å². The van der Waals surface area contributed by atoms with E-state index < -0.39 is 17.7 Å². The van der Waals surface area contributed by atoms with E-state index in [1.807, 2.05) is 0 Å². The summed E-state index contributed by atoms with van der Waals surface area (Å²) in [6.07, 6.45) is 3.64. The summed E-state index contributed by atoms with van der Waals surface area (Å²) in [7, 11) is 0. The highest BCUT2D eigenvalue weighted by Gasteiger charge is 2.25. The zero-order chi connectivity index (χ0) is 14.5. The Labute approximate surface area is 114 Å². The fraction of sp³-hybridized carbons (Fsp3) is 0.846. The first-order chi connectivity index (χ1) is 8.81. The van der Waals surface area contributed by atoms with Crippen molar-refractivity contribution in [2.45, 2.75) is 64.1 Å². The third-order valence-corrected chi connectivity index (χ3v) is 2.94. The van der Waals surface area contributed by atoms with Crippen molar-refractivity contribution in [1.29, 1.82) is 0 Å². The highest BCUT2D eigenvalue weighted by atomic mass is 16.6. The van der Waals surface area contributed by atoms with Gasteiger partial charge in [-0.2, -0.15) is 0 Å². The zero-order valence-electron chi connectivity index (χ0n) is 12.0. The van der Waals surface area contributed by atoms with E-state index in [9.17, 15) is 9.59 Å². The Hall–Kier alpha value is -1.30. The molecule has 0 heterocycles. The SMILES string of the molecule is CC(C)(C)OC(=O)N[C@H](CN)C(=O)NC1CCCC1. The van der Waals surface area contributed by atoms with Crippen molar-refractivity contribution in [2.75, 3.05) is 6.54 Å². The van der Waals surface area contributed by atoms with Gasteiger partial charge in [0, 0.05) is 12.6 Å². The van der Waals surface area contributed by atoms with Crippen LogP contribution in [0.4, 0.5) is 4.79 Å². The molecular weight excluding hydrogens is 246 g/mol. The second-order valence-electron chi connectivity index (χ2n) is 5.92. The van der Waals surface area contributed by atoms with Crippen LogP contribution in [-0.2, 0) is 9.53 Å². The number of nitrogens with two attached hydrogens (primary N) is 1. The molecule has 0 aromatic heterocycles. The van der Waals surface area contributed by atoms with E-state index in [4.69, 9.17) is 10.5 Å². The van der Waals surface area contributed by atoms with Crippen LogP contribution in [0, 0.1) is 0 Å². The predicted octanol–water partition coefficient (Wildman–Crippen LogP) is 0.897. The summed E-state index contributed by atoms with van der Waals surface area (Å²) < 4.78 is 5.10. The lowest BCUT2D eigenvalue weighted by atomic mass is 10.2. The van der Waals surface area contributed by atoms with E-state index >= 15 is 0 Å². The van der Waals surface area contributed by atoms with Gasteiger partial charge in [-0.25, -0.2) is 4.79 Å². The van der Waals surface area contributed by atoms with Crippen molar-refractivity contribution < 1.29 is 14.3 Å². The number of ether oxygens (including phenoxy) is 1. The minimum Gasteiger partial charge on any atom is -0.444 e. The molecule has 1 saturated carbocycles. The second-order valence-corrected chi connectivity index (χ2v) is 5.92. The molecule has 2 amide bonds. The molecule has 6 heteroatoms. The third kappa shape index (κ3) is 5.92. The summed E-state index contributed by atoms with van der Waals surface area (Å²) in [6.45, 7) is 5.35. The van der Waals surface area contributed by atoms with Gasteiger partial charge in [0.2, 0.25) is 5.91 Å². The Morgan fingerprint density at radius 2 is 1.89 bits per heavy atom. The number of carbonyl (C=O) groups excluding carboxylic acids is 2. The number of hydrogen-bond donors (Lipinski definition) is 3. The molecule has 0 bridgehead atoms. The molecule has 0 aromatic carbocycles. The molecule has 1 atom stereocenters. The summed E-state index contributed by atoms with van der Waals surface area (Å²) in [6, 6.07) is -0.530. The molecule has 6 nitrogen and oxygen atoms in total. The molecule has 1 aliphatic carbocycles. The van der Waals surface area contributed by atoms with E-state index in [1.165, 1.54) is 0 Å². The van der Waals surface area contributed by atoms with Gasteiger partial charge in [0.25, 0.3) is 0 Å². The number of rotatable bonds is 4. The van der Waals surface area contributed by atoms with Crippen molar-refractivity contribution in [2.24, 2.45) is 5.73 Å². The average molecular weight is 271 g/mol. The number of carbonyl (C=O) groups is 2. The minimum atomic E-state index is -0.740. The summed E-state index contributed by atoms with van der Waals surface area (Å²) in [4.78, 5) is 23.6. The first-order valence-electron chi connectivity index (χ1n) is 6.82. The maximum Gasteiger partial charge on any atom is 0.408 e. The van der Waals surface area contributed by atoms with Crippen molar-refractivity contribution in [1.82, 2.24) is 10.6 Å². The Balaban J connectivity index is 2.43. The zero-order valence-corrected chi connectivity index (χ0v) is 12.0. The van der Waals surface area contributed by atoms with Crippen LogP contribution in [0.5, 0.6) is 0 Å². The van der Waals surface area contributed by atoms with E-state index in [0.717, 1.165) is 25.7 Å². The molecule has 110 valence electrons. The molecule has 1 fully saturated rings. The van der Waals surface area contributed by atoms with Gasteiger partial charge in [0.1, 0.15) is 11.6 Å². The van der Waals surface area contributed by atoms with Crippen molar-refractivity contribution >= 4 is 12.0 Å². The first kappa shape index (κ1) is 15.8. The normalized spacial score (nSPS) is 17.9. The summed E-state index contributed by atoms with van der Waals surface area (Å²) in [5, 5.41) is 5.41. The van der Waals surface area contributed by atoms with Gasteiger partial charge < -0.3 is 21.1 Å². The van der Waals surface area contributed by atoms with Crippen molar-refractivity contribution in [3.8, 4) is 0 Å². The number of hydrogen-bond acceptors (Lipinski definition) is 4. The average Bonchev–Trinajstić information content (AvgIpc) is 2.75. The molecule has 0 aliphatic heterocycles. The minimum absolute atomic E-state index is 0.0534. The molecule has 4 N–H and O–H groups in total. The highest BCUT2D eigenvalue weighted by Crippen LogP contribution is 2.17. The first-order valence-corrected chi connectivity index (χ1v) is 6.82. The monoisotopic (exact) mass is 271 g/mol. The molecule has 0 spiro atoms. The van der Waals surface area contributed by atoms with Gasteiger partial charge in [-0.05, 0) is 33.6 Å². The van der Waals surface area contributed by atoms with Gasteiger partial charge in [-0.3, -0.25) is 4.79 Å². The van der Waals surface area contributed by atoms with Crippen molar-refractivity contribution in [3.63, 3.8) is 0 Å². The molecule has 19 heavy (non-hydrogen) atoms. The largest absolute Gasteiger partial charge is 0.444 e. The van der Waals surface area contributed by atoms with Crippen LogP contribution < -0.4 is 16.4 Å². The topological polar surface area (TPSA) is 93.4 Å². The van der Waals surface area contributed by atoms with E-state index in [-0.39, 0.29) is 18.5 Å². The lowest BCUT2D eigenvalue weighted by Crippen LogP contribution is -2.53. The van der Waals surface area contributed by atoms with Gasteiger partial charge >= 0.3 is 6.09 Å². The van der Waals surface area contributed by atoms with Gasteiger partial charge in [-0.15, -0.1) is 0 Å². The summed E-state index contributed by atoms with van der Waals surface area (Å²) >= 11 is 0. The predicted molar refractivity (Wildman–Crippen MR) is 72.6 cm³/mol. The van der Waals surface area contributed by atoms with Crippen molar-refractivity contribution in [3.05, 3.63) is 0 Å². The fourth-order valence-electron chi connectivity index (χ4n) is 2.05. The van der Waals surface area contributed by atoms with E-state index in [2.05, 4.69) is 10.6 Å². The fourth-order valence-corrected chi connectivity index (χ4v) is 2.05. The molecule has 1 rings (SSSR count). The summed E-state index contributed by atoms with van der Waals surface area (Å²) in [5.41, 5.74) is 4.94. The highest BCUT2D eigenvalue weighted by molar-refractivity contribution is 5.86. The molecule has 0 unspecified atom stereocenters. The molecule has 0 saturated heterocycles. The molecule has 0 radical (unpaired) electrons. The Bertz CT molecular complexity index is 320. The maximum absolute atomic E-state index is 12.0. The quantitative estimate of drug-likeness (QED) is 0.708. The van der Waals surface area contributed by atoms with Crippen LogP contribution in [0.1, 0.15) is 46.5 Å². The number of alkyl carbamates (subject to hydrolysis) is 1. The van der Waals surface area contributed by atoms with Crippen LogP contribution in [0.3, 0.4) is 0 Å². The van der Waals surface area contributed by atoms with E-state index in [1.54, 1.807) is 20.8 Å². The van der Waals surface area contributed by atoms with Crippen LogP contribution in [0.15, 0.2) is 0 Å². The van der Waals surface area contributed by atoms with Gasteiger partial charge in [0.15, 0.2) is 0 Å². The Morgan fingerprint density at radius 1 is 1.32 bits per heavy atom. The number of nitrogens with one attached hydrogen (secondary N) is 2. The standard InChI is InChI=1S/C13H25N3O3/c1-13(2,3)19-12(18)16-10(8-14)11(17)15-9-6-4-5-7-9/h9-10H,4-8,14H2,1-3H3,(H,15,17)(H,16,18)/t10-/m1/s1. The van der Waals surface area contributed by atoms with Crippen LogP contribution in [0.25, 0.3) is 0 Å². The second kappa shape index (κ2) is 6.75. The summed E-state index contributed by atoms with van der Waals surface area (Å²) in [5.74, 6) is -0.236.